The van der Waals surface area contributed by atoms with Gasteiger partial charge in [0, 0.05) is 49.4 Å². The Morgan fingerprint density at radius 3 is 2.25 bits per heavy atom. The van der Waals surface area contributed by atoms with Crippen LogP contribution in [0.25, 0.3) is 10.8 Å². The third-order valence-electron chi connectivity index (χ3n) is 4.94. The first-order valence-electron chi connectivity index (χ1n) is 8.84. The van der Waals surface area contributed by atoms with Crippen LogP contribution in [-0.2, 0) is 0 Å². The molecule has 3 aromatic rings. The normalized spacial score (nSPS) is 14.3. The quantitative estimate of drug-likeness (QED) is 0.513. The smallest absolute Gasteiger partial charge is 0.343 e. The SMILES string of the molecule is O=C(c1coc(=O)c2ccccc12)N1CCN(c2ccc([N+](=O)[O-])cc2)CC1. The van der Waals surface area contributed by atoms with Gasteiger partial charge >= 0.3 is 5.63 Å². The van der Waals surface area contributed by atoms with E-state index in [1.54, 1.807) is 41.3 Å². The van der Waals surface area contributed by atoms with Crippen LogP contribution in [0.2, 0.25) is 0 Å². The van der Waals surface area contributed by atoms with E-state index in [0.717, 1.165) is 5.69 Å². The average molecular weight is 379 g/mol. The number of benzene rings is 2. The van der Waals surface area contributed by atoms with Crippen LogP contribution in [0.5, 0.6) is 0 Å². The summed E-state index contributed by atoms with van der Waals surface area (Å²) in [7, 11) is 0. The van der Waals surface area contributed by atoms with Crippen LogP contribution >= 0.6 is 0 Å². The molecule has 0 N–H and O–H groups in total. The van der Waals surface area contributed by atoms with Gasteiger partial charge in [-0.1, -0.05) is 18.2 Å². The molecule has 28 heavy (non-hydrogen) atoms. The molecule has 0 aliphatic carbocycles. The zero-order valence-electron chi connectivity index (χ0n) is 14.9. The van der Waals surface area contributed by atoms with E-state index in [0.29, 0.717) is 42.5 Å². The molecule has 0 spiro atoms. The largest absolute Gasteiger partial charge is 0.430 e. The summed E-state index contributed by atoms with van der Waals surface area (Å²) in [5, 5.41) is 11.7. The topological polar surface area (TPSA) is 96.9 Å². The molecule has 0 unspecified atom stereocenters. The molecule has 1 saturated heterocycles. The molecule has 1 aliphatic rings. The first kappa shape index (κ1) is 17.7. The van der Waals surface area contributed by atoms with E-state index in [1.807, 2.05) is 0 Å². The van der Waals surface area contributed by atoms with Crippen molar-refractivity contribution >= 4 is 28.1 Å². The van der Waals surface area contributed by atoms with Gasteiger partial charge in [-0.05, 0) is 18.2 Å². The summed E-state index contributed by atoms with van der Waals surface area (Å²) < 4.78 is 5.04. The maximum Gasteiger partial charge on any atom is 0.343 e. The minimum atomic E-state index is -0.463. The highest BCUT2D eigenvalue weighted by Crippen LogP contribution is 2.22. The summed E-state index contributed by atoms with van der Waals surface area (Å²) in [5.74, 6) is -0.178. The fraction of sp³-hybridized carbons (Fsp3) is 0.200. The second-order valence-corrected chi connectivity index (χ2v) is 6.54. The molecular weight excluding hydrogens is 362 g/mol. The molecule has 8 heteroatoms. The Bertz CT molecular complexity index is 1100. The summed E-state index contributed by atoms with van der Waals surface area (Å²) in [6, 6.07) is 13.3. The molecule has 1 amide bonds. The molecule has 1 fully saturated rings. The number of amides is 1. The Labute approximate surface area is 159 Å². The summed E-state index contributed by atoms with van der Waals surface area (Å²) in [4.78, 5) is 39.0. The molecule has 142 valence electrons. The number of piperazine rings is 1. The van der Waals surface area contributed by atoms with Crippen molar-refractivity contribution < 1.29 is 14.1 Å². The molecule has 2 aromatic carbocycles. The van der Waals surface area contributed by atoms with E-state index in [2.05, 4.69) is 4.90 Å². The molecular formula is C20H17N3O5. The maximum absolute atomic E-state index is 13.0. The van der Waals surface area contributed by atoms with E-state index < -0.39 is 10.5 Å². The Morgan fingerprint density at radius 1 is 0.964 bits per heavy atom. The minimum absolute atomic E-state index is 0.0509. The predicted molar refractivity (Wildman–Crippen MR) is 104 cm³/mol. The molecule has 0 bridgehead atoms. The number of anilines is 1. The van der Waals surface area contributed by atoms with Gasteiger partial charge in [0.2, 0.25) is 0 Å². The van der Waals surface area contributed by atoms with Crippen LogP contribution in [0.1, 0.15) is 10.4 Å². The van der Waals surface area contributed by atoms with E-state index >= 15 is 0 Å². The van der Waals surface area contributed by atoms with Gasteiger partial charge < -0.3 is 14.2 Å². The van der Waals surface area contributed by atoms with Gasteiger partial charge in [-0.2, -0.15) is 0 Å². The van der Waals surface area contributed by atoms with Gasteiger partial charge in [-0.25, -0.2) is 4.79 Å². The predicted octanol–water partition coefficient (Wildman–Crippen LogP) is 2.66. The molecule has 0 radical (unpaired) electrons. The monoisotopic (exact) mass is 379 g/mol. The van der Waals surface area contributed by atoms with Crippen molar-refractivity contribution in [3.05, 3.63) is 80.9 Å². The Morgan fingerprint density at radius 2 is 1.61 bits per heavy atom. The van der Waals surface area contributed by atoms with E-state index in [9.17, 15) is 19.7 Å². The standard InChI is InChI=1S/C20H17N3O5/c24-19(18-13-28-20(25)17-4-2-1-3-16(17)18)22-11-9-21(10-12-22)14-5-7-15(8-6-14)23(26)27/h1-8,13H,9-12H2. The molecule has 2 heterocycles. The first-order valence-corrected chi connectivity index (χ1v) is 8.84. The van der Waals surface area contributed by atoms with Gasteiger partial charge in [0.1, 0.15) is 6.26 Å². The summed E-state index contributed by atoms with van der Waals surface area (Å²) in [5.41, 5.74) is 0.845. The summed E-state index contributed by atoms with van der Waals surface area (Å²) >= 11 is 0. The average Bonchev–Trinajstić information content (AvgIpc) is 2.74. The van der Waals surface area contributed by atoms with Gasteiger partial charge in [-0.3, -0.25) is 14.9 Å². The number of hydrogen-bond acceptors (Lipinski definition) is 6. The lowest BCUT2D eigenvalue weighted by Gasteiger charge is -2.36. The highest BCUT2D eigenvalue weighted by molar-refractivity contribution is 6.06. The van der Waals surface area contributed by atoms with Gasteiger partial charge in [0.25, 0.3) is 11.6 Å². The lowest BCUT2D eigenvalue weighted by atomic mass is 10.1. The number of non-ortho nitro benzene ring substituents is 1. The van der Waals surface area contributed by atoms with Crippen molar-refractivity contribution in [2.45, 2.75) is 0 Å². The highest BCUT2D eigenvalue weighted by atomic mass is 16.6. The van der Waals surface area contributed by atoms with Gasteiger partial charge in [0.15, 0.2) is 0 Å². The van der Waals surface area contributed by atoms with Crippen LogP contribution < -0.4 is 10.5 Å². The molecule has 0 atom stereocenters. The number of nitro benzene ring substituents is 1. The van der Waals surface area contributed by atoms with Crippen LogP contribution in [-0.4, -0.2) is 41.9 Å². The van der Waals surface area contributed by atoms with Crippen LogP contribution in [0, 0.1) is 10.1 Å². The van der Waals surface area contributed by atoms with Crippen molar-refractivity contribution in [3.63, 3.8) is 0 Å². The van der Waals surface area contributed by atoms with Crippen molar-refractivity contribution in [3.8, 4) is 0 Å². The number of nitrogens with zero attached hydrogens (tertiary/aromatic N) is 3. The number of carbonyl (C=O) groups excluding carboxylic acids is 1. The lowest BCUT2D eigenvalue weighted by molar-refractivity contribution is -0.384. The fourth-order valence-electron chi connectivity index (χ4n) is 3.42. The number of fused-ring (bicyclic) bond motifs is 1. The van der Waals surface area contributed by atoms with Crippen molar-refractivity contribution in [1.82, 2.24) is 4.90 Å². The van der Waals surface area contributed by atoms with Gasteiger partial charge in [0.05, 0.1) is 15.9 Å². The van der Waals surface area contributed by atoms with Crippen molar-refractivity contribution in [1.29, 1.82) is 0 Å². The minimum Gasteiger partial charge on any atom is -0.430 e. The van der Waals surface area contributed by atoms with Crippen LogP contribution in [0.4, 0.5) is 11.4 Å². The van der Waals surface area contributed by atoms with Crippen molar-refractivity contribution in [2.75, 3.05) is 31.1 Å². The summed E-state index contributed by atoms with van der Waals surface area (Å²) in [6.07, 6.45) is 1.23. The zero-order chi connectivity index (χ0) is 19.7. The molecule has 0 saturated carbocycles. The van der Waals surface area contributed by atoms with Gasteiger partial charge in [-0.15, -0.1) is 0 Å². The summed E-state index contributed by atoms with van der Waals surface area (Å²) in [6.45, 7) is 2.23. The number of nitro groups is 1. The van der Waals surface area contributed by atoms with E-state index in [-0.39, 0.29) is 11.6 Å². The Balaban J connectivity index is 1.50. The molecule has 4 rings (SSSR count). The van der Waals surface area contributed by atoms with Crippen LogP contribution in [0.15, 0.2) is 64.0 Å². The Hall–Kier alpha value is -3.68. The second kappa shape index (κ2) is 7.15. The second-order valence-electron chi connectivity index (χ2n) is 6.54. The fourth-order valence-corrected chi connectivity index (χ4v) is 3.42. The van der Waals surface area contributed by atoms with E-state index in [4.69, 9.17) is 4.42 Å². The lowest BCUT2D eigenvalue weighted by Crippen LogP contribution is -2.48. The first-order chi connectivity index (χ1) is 13.5. The number of hydrogen-bond donors (Lipinski definition) is 0. The third kappa shape index (κ3) is 3.20. The van der Waals surface area contributed by atoms with Crippen LogP contribution in [0.3, 0.4) is 0 Å². The zero-order valence-corrected chi connectivity index (χ0v) is 14.9. The van der Waals surface area contributed by atoms with E-state index in [1.165, 1.54) is 18.4 Å². The highest BCUT2D eigenvalue weighted by Gasteiger charge is 2.24. The maximum atomic E-state index is 13.0. The molecule has 8 nitrogen and oxygen atoms in total. The van der Waals surface area contributed by atoms with Crippen molar-refractivity contribution in [2.24, 2.45) is 0 Å². The Kier molecular flexibility index (Phi) is 4.52. The molecule has 1 aromatic heterocycles. The number of rotatable bonds is 3. The third-order valence-corrected chi connectivity index (χ3v) is 4.94. The molecule has 1 aliphatic heterocycles. The number of carbonyl (C=O) groups is 1.